The van der Waals surface area contributed by atoms with Crippen molar-refractivity contribution in [3.63, 3.8) is 0 Å². The van der Waals surface area contributed by atoms with Crippen molar-refractivity contribution in [1.29, 1.82) is 0 Å². The summed E-state index contributed by atoms with van der Waals surface area (Å²) in [6, 6.07) is 13.5. The van der Waals surface area contributed by atoms with Crippen molar-refractivity contribution in [3.05, 3.63) is 64.7 Å². The van der Waals surface area contributed by atoms with Crippen LogP contribution in [0.5, 0.6) is 11.5 Å². The normalized spacial score (nSPS) is 14.4. The molecule has 142 valence electrons. The van der Waals surface area contributed by atoms with Crippen LogP contribution in [0.25, 0.3) is 6.08 Å². The molecule has 5 nitrogen and oxygen atoms in total. The summed E-state index contributed by atoms with van der Waals surface area (Å²) in [6.07, 6.45) is 3.24. The van der Waals surface area contributed by atoms with Crippen molar-refractivity contribution in [3.8, 4) is 11.5 Å². The van der Waals surface area contributed by atoms with Gasteiger partial charge in [0.25, 0.3) is 0 Å². The van der Waals surface area contributed by atoms with Crippen molar-refractivity contribution in [2.24, 2.45) is 0 Å². The molecule has 0 spiro atoms. The number of likely N-dealkylation sites (N-methyl/N-ethyl adjacent to an activating group) is 1. The number of nitrogens with one attached hydrogen (secondary N) is 2. The molecule has 0 saturated carbocycles. The minimum absolute atomic E-state index is 0.0581. The molecule has 3 rings (SSSR count). The molecule has 0 aromatic heterocycles. The Bertz CT molecular complexity index is 822. The number of halogens is 1. The maximum Gasteiger partial charge on any atom is 0.244 e. The van der Waals surface area contributed by atoms with Crippen molar-refractivity contribution < 1.29 is 19.2 Å². The largest absolute Gasteiger partial charge is 0.486 e. The molecule has 2 aromatic rings. The van der Waals surface area contributed by atoms with Gasteiger partial charge in [0, 0.05) is 6.08 Å². The van der Waals surface area contributed by atoms with Gasteiger partial charge in [0.05, 0.1) is 19.1 Å². The zero-order valence-corrected chi connectivity index (χ0v) is 16.3. The van der Waals surface area contributed by atoms with E-state index in [1.54, 1.807) is 12.1 Å². The molecule has 1 aliphatic rings. The highest BCUT2D eigenvalue weighted by molar-refractivity contribution is 6.32. The van der Waals surface area contributed by atoms with Crippen LogP contribution in [0.15, 0.2) is 48.5 Å². The number of fused-ring (bicyclic) bond motifs is 1. The summed E-state index contributed by atoms with van der Waals surface area (Å²) < 4.78 is 11.1. The van der Waals surface area contributed by atoms with Gasteiger partial charge in [-0.2, -0.15) is 0 Å². The van der Waals surface area contributed by atoms with Crippen molar-refractivity contribution >= 4 is 23.6 Å². The quantitative estimate of drug-likeness (QED) is 0.746. The fourth-order valence-corrected chi connectivity index (χ4v) is 3.24. The molecule has 0 radical (unpaired) electrons. The average molecular weight is 388 g/mol. The third-order valence-electron chi connectivity index (χ3n) is 4.18. The van der Waals surface area contributed by atoms with Crippen LogP contribution in [0.3, 0.4) is 0 Å². The SMILES string of the molecule is C[NH+](C)C[C@H](NC(=O)/C=C/c1cc(Cl)c2c(c1)OCCO2)c1ccccc1. The molecule has 1 heterocycles. The second-order valence-electron chi connectivity index (χ2n) is 6.74. The third-order valence-corrected chi connectivity index (χ3v) is 4.46. The second kappa shape index (κ2) is 8.93. The Morgan fingerprint density at radius 2 is 1.96 bits per heavy atom. The van der Waals surface area contributed by atoms with Gasteiger partial charge in [0.15, 0.2) is 11.5 Å². The number of hydrogen-bond acceptors (Lipinski definition) is 3. The lowest BCUT2D eigenvalue weighted by molar-refractivity contribution is -0.860. The summed E-state index contributed by atoms with van der Waals surface area (Å²) in [7, 11) is 4.13. The van der Waals surface area contributed by atoms with Crippen molar-refractivity contribution in [1.82, 2.24) is 5.32 Å². The molecular formula is C21H24ClN2O3+. The van der Waals surface area contributed by atoms with Gasteiger partial charge in [-0.15, -0.1) is 0 Å². The first-order chi connectivity index (χ1) is 13.0. The van der Waals surface area contributed by atoms with Crippen LogP contribution in [-0.2, 0) is 4.79 Å². The van der Waals surface area contributed by atoms with Gasteiger partial charge in [-0.1, -0.05) is 41.9 Å². The molecule has 0 unspecified atom stereocenters. The van der Waals surface area contributed by atoms with Gasteiger partial charge >= 0.3 is 0 Å². The summed E-state index contributed by atoms with van der Waals surface area (Å²) in [6.45, 7) is 1.76. The number of amides is 1. The Morgan fingerprint density at radius 3 is 2.70 bits per heavy atom. The molecule has 1 aliphatic heterocycles. The monoisotopic (exact) mass is 387 g/mol. The molecule has 1 amide bonds. The lowest BCUT2D eigenvalue weighted by Crippen LogP contribution is -3.06. The fraction of sp³-hybridized carbons (Fsp3) is 0.286. The van der Waals surface area contributed by atoms with Crippen LogP contribution in [0.2, 0.25) is 5.02 Å². The van der Waals surface area contributed by atoms with E-state index in [1.165, 1.54) is 11.0 Å². The molecule has 1 atom stereocenters. The smallest absolute Gasteiger partial charge is 0.244 e. The van der Waals surface area contributed by atoms with E-state index in [-0.39, 0.29) is 11.9 Å². The van der Waals surface area contributed by atoms with Gasteiger partial charge in [-0.25, -0.2) is 0 Å². The maximum atomic E-state index is 12.5. The summed E-state index contributed by atoms with van der Waals surface area (Å²) in [5.41, 5.74) is 1.87. The molecule has 2 aromatic carbocycles. The first-order valence-electron chi connectivity index (χ1n) is 8.94. The Labute approximate surface area is 164 Å². The molecule has 0 fully saturated rings. The van der Waals surface area contributed by atoms with Gasteiger partial charge < -0.3 is 19.7 Å². The molecular weight excluding hydrogens is 364 g/mol. The van der Waals surface area contributed by atoms with Gasteiger partial charge in [0.1, 0.15) is 25.8 Å². The van der Waals surface area contributed by atoms with Crippen LogP contribution < -0.4 is 19.7 Å². The minimum Gasteiger partial charge on any atom is -0.486 e. The minimum atomic E-state index is -0.156. The standard InChI is InChI=1S/C21H23ClN2O3/c1-24(2)14-18(16-6-4-3-5-7-16)23-20(25)9-8-15-12-17(22)21-19(13-15)26-10-11-27-21/h3-9,12-13,18H,10-11,14H2,1-2H3,(H,23,25)/p+1/b9-8+/t18-/m0/s1. The number of hydrogen-bond donors (Lipinski definition) is 2. The number of benzene rings is 2. The van der Waals surface area contributed by atoms with Gasteiger partial charge in [-0.05, 0) is 29.3 Å². The molecule has 0 bridgehead atoms. The van der Waals surface area contributed by atoms with E-state index in [4.69, 9.17) is 21.1 Å². The number of rotatable bonds is 6. The van der Waals surface area contributed by atoms with E-state index >= 15 is 0 Å². The zero-order valence-electron chi connectivity index (χ0n) is 15.5. The highest BCUT2D eigenvalue weighted by Crippen LogP contribution is 2.38. The highest BCUT2D eigenvalue weighted by atomic mass is 35.5. The topological polar surface area (TPSA) is 52.0 Å². The first-order valence-corrected chi connectivity index (χ1v) is 9.32. The van der Waals surface area contributed by atoms with Crippen LogP contribution in [0.4, 0.5) is 0 Å². The molecule has 27 heavy (non-hydrogen) atoms. The zero-order chi connectivity index (χ0) is 19.2. The Balaban J connectivity index is 1.71. The molecule has 0 aliphatic carbocycles. The fourth-order valence-electron chi connectivity index (χ4n) is 2.96. The van der Waals surface area contributed by atoms with Gasteiger partial charge in [0.2, 0.25) is 5.91 Å². The number of ether oxygens (including phenoxy) is 2. The Kier molecular flexibility index (Phi) is 6.37. The summed E-state index contributed by atoms with van der Waals surface area (Å²) in [5.74, 6) is 1.01. The van der Waals surface area contributed by atoms with E-state index in [0.29, 0.717) is 29.7 Å². The lowest BCUT2D eigenvalue weighted by atomic mass is 10.1. The number of carbonyl (C=O) groups is 1. The highest BCUT2D eigenvalue weighted by Gasteiger charge is 2.17. The second-order valence-corrected chi connectivity index (χ2v) is 7.15. The summed E-state index contributed by atoms with van der Waals surface area (Å²) in [5, 5.41) is 3.55. The first kappa shape index (κ1) is 19.3. The average Bonchev–Trinajstić information content (AvgIpc) is 2.66. The van der Waals surface area contributed by atoms with Crippen LogP contribution in [0.1, 0.15) is 17.2 Å². The third kappa shape index (κ3) is 5.25. The predicted molar refractivity (Wildman–Crippen MR) is 106 cm³/mol. The van der Waals surface area contributed by atoms with E-state index in [9.17, 15) is 4.79 Å². The number of carbonyl (C=O) groups excluding carboxylic acids is 1. The van der Waals surface area contributed by atoms with E-state index in [2.05, 4.69) is 19.4 Å². The Hall–Kier alpha value is -2.50. The molecule has 2 N–H and O–H groups in total. The summed E-state index contributed by atoms with van der Waals surface area (Å²) >= 11 is 6.24. The van der Waals surface area contributed by atoms with Crippen molar-refractivity contribution in [2.45, 2.75) is 6.04 Å². The predicted octanol–water partition coefficient (Wildman–Crippen LogP) is 2.13. The molecule has 0 saturated heterocycles. The van der Waals surface area contributed by atoms with Crippen LogP contribution >= 0.6 is 11.6 Å². The van der Waals surface area contributed by atoms with Crippen molar-refractivity contribution in [2.75, 3.05) is 33.9 Å². The summed E-state index contributed by atoms with van der Waals surface area (Å²) in [4.78, 5) is 13.7. The van der Waals surface area contributed by atoms with E-state index in [1.807, 2.05) is 36.4 Å². The van der Waals surface area contributed by atoms with Crippen LogP contribution in [0, 0.1) is 0 Å². The van der Waals surface area contributed by atoms with E-state index in [0.717, 1.165) is 17.7 Å². The maximum absolute atomic E-state index is 12.5. The lowest BCUT2D eigenvalue weighted by Gasteiger charge is -2.20. The van der Waals surface area contributed by atoms with Crippen LogP contribution in [-0.4, -0.2) is 39.8 Å². The Morgan fingerprint density at radius 1 is 1.22 bits per heavy atom. The number of quaternary nitrogens is 1. The van der Waals surface area contributed by atoms with E-state index < -0.39 is 0 Å². The van der Waals surface area contributed by atoms with Gasteiger partial charge in [-0.3, -0.25) is 4.79 Å². The molecule has 6 heteroatoms.